The third kappa shape index (κ3) is 4.00. The second kappa shape index (κ2) is 7.75. The van der Waals surface area contributed by atoms with E-state index in [9.17, 15) is 21.6 Å². The third-order valence-corrected chi connectivity index (χ3v) is 6.62. The van der Waals surface area contributed by atoms with Crippen molar-refractivity contribution in [2.24, 2.45) is 0 Å². The fourth-order valence-electron chi connectivity index (χ4n) is 3.17. The van der Waals surface area contributed by atoms with Gasteiger partial charge in [0, 0.05) is 17.6 Å². The van der Waals surface area contributed by atoms with Gasteiger partial charge in [0.25, 0.3) is 10.0 Å². The highest BCUT2D eigenvalue weighted by atomic mass is 35.5. The number of benzene rings is 1. The summed E-state index contributed by atoms with van der Waals surface area (Å²) in [5.74, 6) is 0.0558. The van der Waals surface area contributed by atoms with Gasteiger partial charge >= 0.3 is 6.18 Å². The van der Waals surface area contributed by atoms with Gasteiger partial charge in [-0.1, -0.05) is 17.7 Å². The topological polar surface area (TPSA) is 89.8 Å². The average molecular weight is 482 g/mol. The summed E-state index contributed by atoms with van der Waals surface area (Å²) in [7, 11) is -4.02. The van der Waals surface area contributed by atoms with Crippen molar-refractivity contribution in [2.45, 2.75) is 24.9 Å². The standard InChI is InChI=1S/C20H15ClF3N5O2S/c1-11-3-5-14(6-4-11)32(30,31)29-12(2)9-15-17(27-19(21)28-18(15)29)26-13-7-8-25-16(10-13)20(22,23)24/h3-10H,1-2H3,(H,25,26,27,28). The number of anilines is 2. The van der Waals surface area contributed by atoms with Gasteiger partial charge in [0.15, 0.2) is 5.65 Å². The second-order valence-corrected chi connectivity index (χ2v) is 9.12. The molecule has 3 aromatic heterocycles. The van der Waals surface area contributed by atoms with Gasteiger partial charge in [-0.15, -0.1) is 0 Å². The van der Waals surface area contributed by atoms with Crippen molar-refractivity contribution in [1.29, 1.82) is 0 Å². The molecule has 0 aliphatic carbocycles. The molecular weight excluding hydrogens is 467 g/mol. The summed E-state index contributed by atoms with van der Waals surface area (Å²) < 4.78 is 66.6. The summed E-state index contributed by atoms with van der Waals surface area (Å²) in [5.41, 5.74) is 0.178. The highest BCUT2D eigenvalue weighted by Gasteiger charge is 2.32. The first kappa shape index (κ1) is 22.0. The third-order valence-electron chi connectivity index (χ3n) is 4.64. The van der Waals surface area contributed by atoms with Gasteiger partial charge in [-0.05, 0) is 55.8 Å². The van der Waals surface area contributed by atoms with Crippen LogP contribution in [0.4, 0.5) is 24.7 Å². The number of nitrogens with zero attached hydrogens (tertiary/aromatic N) is 4. The maximum absolute atomic E-state index is 13.3. The molecule has 0 unspecified atom stereocenters. The van der Waals surface area contributed by atoms with E-state index in [2.05, 4.69) is 20.3 Å². The van der Waals surface area contributed by atoms with Gasteiger partial charge in [0.1, 0.15) is 11.5 Å². The van der Waals surface area contributed by atoms with Crippen LogP contribution in [-0.2, 0) is 16.2 Å². The number of alkyl halides is 3. The zero-order valence-electron chi connectivity index (χ0n) is 16.6. The molecular formula is C20H15ClF3N5O2S. The van der Waals surface area contributed by atoms with Crippen LogP contribution >= 0.6 is 11.6 Å². The van der Waals surface area contributed by atoms with Crippen LogP contribution in [0.1, 0.15) is 17.0 Å². The molecule has 0 aliphatic heterocycles. The van der Waals surface area contributed by atoms with Crippen LogP contribution in [0.3, 0.4) is 0 Å². The van der Waals surface area contributed by atoms with E-state index in [0.29, 0.717) is 5.69 Å². The lowest BCUT2D eigenvalue weighted by Crippen LogP contribution is -2.15. The highest BCUT2D eigenvalue weighted by molar-refractivity contribution is 7.90. The van der Waals surface area contributed by atoms with Crippen molar-refractivity contribution in [1.82, 2.24) is 18.9 Å². The number of nitrogens with one attached hydrogen (secondary N) is 1. The predicted octanol–water partition coefficient (Wildman–Crippen LogP) is 5.10. The first-order valence-corrected chi connectivity index (χ1v) is 11.0. The van der Waals surface area contributed by atoms with E-state index in [4.69, 9.17) is 11.6 Å². The molecule has 0 atom stereocenters. The number of hydrogen-bond donors (Lipinski definition) is 1. The molecule has 0 spiro atoms. The molecule has 166 valence electrons. The van der Waals surface area contributed by atoms with Gasteiger partial charge in [-0.25, -0.2) is 12.4 Å². The molecule has 0 amide bonds. The molecule has 7 nitrogen and oxygen atoms in total. The number of aromatic nitrogens is 4. The second-order valence-electron chi connectivity index (χ2n) is 7.00. The molecule has 4 rings (SSSR count). The number of pyridine rings is 1. The monoisotopic (exact) mass is 481 g/mol. The first-order valence-electron chi connectivity index (χ1n) is 9.15. The van der Waals surface area contributed by atoms with Crippen LogP contribution in [0.15, 0.2) is 53.6 Å². The molecule has 0 radical (unpaired) electrons. The fraction of sp³-hybridized carbons (Fsp3) is 0.150. The summed E-state index contributed by atoms with van der Waals surface area (Å²) in [6, 6.07) is 9.96. The lowest BCUT2D eigenvalue weighted by atomic mass is 10.2. The van der Waals surface area contributed by atoms with Crippen LogP contribution in [0.25, 0.3) is 11.0 Å². The Kier molecular flexibility index (Phi) is 5.33. The summed E-state index contributed by atoms with van der Waals surface area (Å²) in [5, 5.41) is 2.75. The van der Waals surface area contributed by atoms with Crippen molar-refractivity contribution in [2.75, 3.05) is 5.32 Å². The maximum Gasteiger partial charge on any atom is 0.433 e. The number of halogens is 4. The normalized spacial score (nSPS) is 12.3. The number of fused-ring (bicyclic) bond motifs is 1. The van der Waals surface area contributed by atoms with Crippen LogP contribution in [-0.4, -0.2) is 27.3 Å². The van der Waals surface area contributed by atoms with Gasteiger partial charge in [0.2, 0.25) is 5.28 Å². The molecule has 0 aliphatic rings. The molecule has 32 heavy (non-hydrogen) atoms. The largest absolute Gasteiger partial charge is 0.433 e. The SMILES string of the molecule is Cc1ccc(S(=O)(=O)n2c(C)cc3c(Nc4ccnc(C(F)(F)F)c4)nc(Cl)nc32)cc1. The lowest BCUT2D eigenvalue weighted by molar-refractivity contribution is -0.141. The summed E-state index contributed by atoms with van der Waals surface area (Å²) >= 11 is 6.03. The zero-order valence-corrected chi connectivity index (χ0v) is 18.2. The van der Waals surface area contributed by atoms with Crippen molar-refractivity contribution in [3.63, 3.8) is 0 Å². The Balaban J connectivity index is 1.85. The van der Waals surface area contributed by atoms with Crippen LogP contribution in [0.5, 0.6) is 0 Å². The molecule has 1 aromatic carbocycles. The first-order chi connectivity index (χ1) is 15.0. The zero-order chi connectivity index (χ0) is 23.3. The Morgan fingerprint density at radius 1 is 1.03 bits per heavy atom. The van der Waals surface area contributed by atoms with Crippen molar-refractivity contribution >= 4 is 44.2 Å². The molecule has 12 heteroatoms. The molecule has 0 saturated carbocycles. The smallest absolute Gasteiger partial charge is 0.339 e. The minimum Gasteiger partial charge on any atom is -0.339 e. The minimum absolute atomic E-state index is 0.00400. The van der Waals surface area contributed by atoms with E-state index in [1.807, 2.05) is 6.92 Å². The van der Waals surface area contributed by atoms with Crippen LogP contribution < -0.4 is 5.32 Å². The minimum atomic E-state index is -4.63. The molecule has 3 heterocycles. The summed E-state index contributed by atoms with van der Waals surface area (Å²) in [4.78, 5) is 11.5. The van der Waals surface area contributed by atoms with Gasteiger partial charge in [-0.3, -0.25) is 4.98 Å². The highest BCUT2D eigenvalue weighted by Crippen LogP contribution is 2.33. The Morgan fingerprint density at radius 2 is 1.72 bits per heavy atom. The summed E-state index contributed by atoms with van der Waals surface area (Å²) in [6.45, 7) is 3.40. The van der Waals surface area contributed by atoms with Crippen molar-refractivity contribution in [3.8, 4) is 0 Å². The number of aryl methyl sites for hydroxylation is 2. The molecule has 4 aromatic rings. The lowest BCUT2D eigenvalue weighted by Gasteiger charge is -2.12. The molecule has 0 fully saturated rings. The van der Waals surface area contributed by atoms with Crippen molar-refractivity contribution in [3.05, 3.63) is 70.9 Å². The van der Waals surface area contributed by atoms with E-state index in [-0.39, 0.29) is 32.7 Å². The number of rotatable bonds is 4. The van der Waals surface area contributed by atoms with Crippen LogP contribution in [0, 0.1) is 13.8 Å². The Morgan fingerprint density at radius 3 is 2.38 bits per heavy atom. The number of hydrogen-bond acceptors (Lipinski definition) is 6. The quantitative estimate of drug-likeness (QED) is 0.408. The Bertz CT molecular complexity index is 1430. The van der Waals surface area contributed by atoms with E-state index < -0.39 is 21.9 Å². The summed E-state index contributed by atoms with van der Waals surface area (Å²) in [6.07, 6.45) is -3.62. The van der Waals surface area contributed by atoms with E-state index in [1.165, 1.54) is 24.3 Å². The Hall–Kier alpha value is -3.18. The molecule has 0 bridgehead atoms. The van der Waals surface area contributed by atoms with Crippen LogP contribution in [0.2, 0.25) is 5.28 Å². The molecule has 1 N–H and O–H groups in total. The van der Waals surface area contributed by atoms with Gasteiger partial charge < -0.3 is 5.32 Å². The van der Waals surface area contributed by atoms with Gasteiger partial charge in [-0.2, -0.15) is 23.1 Å². The molecule has 0 saturated heterocycles. The maximum atomic E-state index is 13.3. The van der Waals surface area contributed by atoms with Crippen molar-refractivity contribution < 1.29 is 21.6 Å². The van der Waals surface area contributed by atoms with E-state index in [0.717, 1.165) is 21.8 Å². The Labute approximate surface area is 186 Å². The average Bonchev–Trinajstić information content (AvgIpc) is 3.04. The van der Waals surface area contributed by atoms with E-state index in [1.54, 1.807) is 19.1 Å². The predicted molar refractivity (Wildman–Crippen MR) is 114 cm³/mol. The van der Waals surface area contributed by atoms with E-state index >= 15 is 0 Å². The van der Waals surface area contributed by atoms with Gasteiger partial charge in [0.05, 0.1) is 10.3 Å². The fourth-order valence-corrected chi connectivity index (χ4v) is 4.82.